The van der Waals surface area contributed by atoms with E-state index in [-0.39, 0.29) is 0 Å². The van der Waals surface area contributed by atoms with E-state index in [4.69, 9.17) is 0 Å². The van der Waals surface area contributed by atoms with Gasteiger partial charge >= 0.3 is 0 Å². The topological polar surface area (TPSA) is 17.0 Å². The zero-order chi connectivity index (χ0) is 11.1. The van der Waals surface area contributed by atoms with Gasteiger partial charge in [0.1, 0.15) is 0 Å². The average Bonchev–Trinajstić information content (AvgIpc) is 2.66. The van der Waals surface area contributed by atoms with Crippen LogP contribution in [-0.2, 0) is 13.1 Å². The molecule has 0 spiro atoms. The molecule has 0 aliphatic heterocycles. The smallest absolute Gasteiger partial charge is 0.0245 e. The number of aromatic nitrogens is 1. The molecular weight excluding hydrogens is 184 g/mol. The fourth-order valence-electron chi connectivity index (χ4n) is 1.61. The van der Waals surface area contributed by atoms with Crippen LogP contribution in [0.15, 0.2) is 18.5 Å². The summed E-state index contributed by atoms with van der Waals surface area (Å²) in [6, 6.07) is 2.21. The molecule has 2 nitrogen and oxygen atoms in total. The molecule has 1 atom stereocenters. The second-order valence-electron chi connectivity index (χ2n) is 4.41. The van der Waals surface area contributed by atoms with Crippen molar-refractivity contribution in [1.82, 2.24) is 9.88 Å². The van der Waals surface area contributed by atoms with Crippen LogP contribution in [0.3, 0.4) is 0 Å². The zero-order valence-corrected chi connectivity index (χ0v) is 10.3. The maximum absolute atomic E-state index is 3.42. The highest BCUT2D eigenvalue weighted by molar-refractivity contribution is 5.09. The summed E-state index contributed by atoms with van der Waals surface area (Å²) in [6.07, 6.45) is 6.90. The third kappa shape index (κ3) is 4.52. The maximum Gasteiger partial charge on any atom is 0.0245 e. The predicted octanol–water partition coefficient (Wildman–Crippen LogP) is 3.03. The van der Waals surface area contributed by atoms with Gasteiger partial charge in [0.25, 0.3) is 0 Å². The second kappa shape index (κ2) is 6.67. The summed E-state index contributed by atoms with van der Waals surface area (Å²) in [5.74, 6) is 0.772. The van der Waals surface area contributed by atoms with Crippen LogP contribution in [0.25, 0.3) is 0 Å². The van der Waals surface area contributed by atoms with E-state index in [1.54, 1.807) is 0 Å². The van der Waals surface area contributed by atoms with Gasteiger partial charge in [0.15, 0.2) is 0 Å². The van der Waals surface area contributed by atoms with Gasteiger partial charge in [-0.3, -0.25) is 0 Å². The van der Waals surface area contributed by atoms with Gasteiger partial charge in [-0.05, 0) is 30.5 Å². The van der Waals surface area contributed by atoms with Crippen molar-refractivity contribution in [2.45, 2.75) is 46.7 Å². The molecule has 1 aromatic rings. The number of nitrogens with one attached hydrogen (secondary N) is 1. The van der Waals surface area contributed by atoms with E-state index in [9.17, 15) is 0 Å². The van der Waals surface area contributed by atoms with Crippen molar-refractivity contribution in [2.75, 3.05) is 6.54 Å². The first-order valence-corrected chi connectivity index (χ1v) is 6.11. The van der Waals surface area contributed by atoms with Crippen molar-refractivity contribution in [3.05, 3.63) is 24.0 Å². The maximum atomic E-state index is 3.42. The highest BCUT2D eigenvalue weighted by atomic mass is 14.9. The van der Waals surface area contributed by atoms with E-state index >= 15 is 0 Å². The Labute approximate surface area is 93.7 Å². The molecule has 0 amide bonds. The summed E-state index contributed by atoms with van der Waals surface area (Å²) in [7, 11) is 0. The number of nitrogens with zero attached hydrogens (tertiary/aromatic N) is 1. The third-order valence-electron chi connectivity index (χ3n) is 2.79. The summed E-state index contributed by atoms with van der Waals surface area (Å²) < 4.78 is 2.30. The van der Waals surface area contributed by atoms with Crippen LogP contribution in [0.2, 0.25) is 0 Å². The predicted molar refractivity (Wildman–Crippen MR) is 65.9 cm³/mol. The van der Waals surface area contributed by atoms with Gasteiger partial charge in [0, 0.05) is 25.5 Å². The summed E-state index contributed by atoms with van der Waals surface area (Å²) in [5.41, 5.74) is 1.40. The lowest BCUT2D eigenvalue weighted by atomic mass is 10.1. The minimum Gasteiger partial charge on any atom is -0.354 e. The van der Waals surface area contributed by atoms with E-state index in [0.717, 1.165) is 25.6 Å². The highest BCUT2D eigenvalue weighted by Crippen LogP contribution is 2.07. The molecular formula is C13H24N2. The van der Waals surface area contributed by atoms with E-state index in [0.29, 0.717) is 0 Å². The highest BCUT2D eigenvalue weighted by Gasteiger charge is 2.01. The fourth-order valence-corrected chi connectivity index (χ4v) is 1.61. The SMILES string of the molecule is CCCNCc1ccn(CC(C)CC)c1. The molecule has 0 saturated carbocycles. The Morgan fingerprint density at radius 1 is 1.40 bits per heavy atom. The van der Waals surface area contributed by atoms with E-state index in [1.807, 2.05) is 0 Å². The van der Waals surface area contributed by atoms with Crippen molar-refractivity contribution < 1.29 is 0 Å². The molecule has 0 aliphatic carbocycles. The van der Waals surface area contributed by atoms with Crippen LogP contribution < -0.4 is 5.32 Å². The molecule has 0 bridgehead atoms. The monoisotopic (exact) mass is 208 g/mol. The Hall–Kier alpha value is -0.760. The molecule has 0 radical (unpaired) electrons. The molecule has 0 aromatic carbocycles. The van der Waals surface area contributed by atoms with Gasteiger partial charge in [0.2, 0.25) is 0 Å². The Balaban J connectivity index is 2.35. The Morgan fingerprint density at radius 2 is 2.20 bits per heavy atom. The first-order chi connectivity index (χ1) is 7.26. The van der Waals surface area contributed by atoms with Crippen molar-refractivity contribution in [1.29, 1.82) is 0 Å². The van der Waals surface area contributed by atoms with Crippen molar-refractivity contribution in [3.63, 3.8) is 0 Å². The molecule has 1 rings (SSSR count). The van der Waals surface area contributed by atoms with Gasteiger partial charge in [-0.2, -0.15) is 0 Å². The molecule has 0 aliphatic rings. The van der Waals surface area contributed by atoms with Crippen LogP contribution in [-0.4, -0.2) is 11.1 Å². The summed E-state index contributed by atoms with van der Waals surface area (Å²) >= 11 is 0. The molecule has 0 saturated heterocycles. The van der Waals surface area contributed by atoms with Crippen molar-refractivity contribution >= 4 is 0 Å². The molecule has 2 heteroatoms. The molecule has 0 fully saturated rings. The standard InChI is InChI=1S/C13H24N2/c1-4-7-14-9-13-6-8-15(11-13)10-12(3)5-2/h6,8,11-12,14H,4-5,7,9-10H2,1-3H3. The first-order valence-electron chi connectivity index (χ1n) is 6.11. The number of hydrogen-bond donors (Lipinski definition) is 1. The fraction of sp³-hybridized carbons (Fsp3) is 0.692. The molecule has 1 unspecified atom stereocenters. The van der Waals surface area contributed by atoms with Crippen molar-refractivity contribution in [2.24, 2.45) is 5.92 Å². The van der Waals surface area contributed by atoms with E-state index < -0.39 is 0 Å². The molecule has 1 heterocycles. The summed E-state index contributed by atoms with van der Waals surface area (Å²) in [4.78, 5) is 0. The van der Waals surface area contributed by atoms with Crippen LogP contribution >= 0.6 is 0 Å². The normalized spacial score (nSPS) is 13.0. The van der Waals surface area contributed by atoms with Gasteiger partial charge in [-0.25, -0.2) is 0 Å². The lowest BCUT2D eigenvalue weighted by molar-refractivity contribution is 0.469. The lowest BCUT2D eigenvalue weighted by Crippen LogP contribution is -2.13. The van der Waals surface area contributed by atoms with Gasteiger partial charge in [-0.1, -0.05) is 27.2 Å². The minimum absolute atomic E-state index is 0.772. The average molecular weight is 208 g/mol. The Morgan fingerprint density at radius 3 is 2.87 bits per heavy atom. The zero-order valence-electron chi connectivity index (χ0n) is 10.3. The van der Waals surface area contributed by atoms with Crippen LogP contribution in [0, 0.1) is 5.92 Å². The summed E-state index contributed by atoms with van der Waals surface area (Å²) in [5, 5.41) is 3.42. The Bertz CT molecular complexity index is 265. The molecule has 15 heavy (non-hydrogen) atoms. The van der Waals surface area contributed by atoms with Crippen molar-refractivity contribution in [3.8, 4) is 0 Å². The quantitative estimate of drug-likeness (QED) is 0.682. The van der Waals surface area contributed by atoms with Crippen LogP contribution in [0.5, 0.6) is 0 Å². The van der Waals surface area contributed by atoms with E-state index in [2.05, 4.69) is 49.1 Å². The molecule has 86 valence electrons. The van der Waals surface area contributed by atoms with Crippen LogP contribution in [0.1, 0.15) is 39.2 Å². The van der Waals surface area contributed by atoms with E-state index in [1.165, 1.54) is 18.4 Å². The van der Waals surface area contributed by atoms with Crippen LogP contribution in [0.4, 0.5) is 0 Å². The molecule has 1 aromatic heterocycles. The van der Waals surface area contributed by atoms with Gasteiger partial charge in [-0.15, -0.1) is 0 Å². The number of hydrogen-bond acceptors (Lipinski definition) is 1. The second-order valence-corrected chi connectivity index (χ2v) is 4.41. The number of rotatable bonds is 7. The molecule has 1 N–H and O–H groups in total. The minimum atomic E-state index is 0.772. The lowest BCUT2D eigenvalue weighted by Gasteiger charge is -2.08. The third-order valence-corrected chi connectivity index (χ3v) is 2.79. The first kappa shape index (κ1) is 12.3. The summed E-state index contributed by atoms with van der Waals surface area (Å²) in [6.45, 7) is 10.00. The van der Waals surface area contributed by atoms with Gasteiger partial charge in [0.05, 0.1) is 0 Å². The Kier molecular flexibility index (Phi) is 5.48. The largest absolute Gasteiger partial charge is 0.354 e. The van der Waals surface area contributed by atoms with Gasteiger partial charge < -0.3 is 9.88 Å².